The van der Waals surface area contributed by atoms with Gasteiger partial charge in [-0.2, -0.15) is 0 Å². The van der Waals surface area contributed by atoms with E-state index in [9.17, 15) is 4.39 Å². The zero-order chi connectivity index (χ0) is 16.4. The number of pyridine rings is 1. The lowest BCUT2D eigenvalue weighted by Gasteiger charge is -2.08. The largest absolute Gasteiger partial charge is 0.365 e. The molecular weight excluding hydrogens is 325 g/mol. The number of hydrogen-bond donors (Lipinski definition) is 1. The summed E-state index contributed by atoms with van der Waals surface area (Å²) in [6.45, 7) is 9.45. The maximum absolute atomic E-state index is 13.0. The number of benzene rings is 1. The maximum Gasteiger partial charge on any atom is 0.135 e. The van der Waals surface area contributed by atoms with Crippen LogP contribution in [0.2, 0.25) is 0 Å². The van der Waals surface area contributed by atoms with Crippen molar-refractivity contribution in [2.75, 3.05) is 5.32 Å². The Kier molecular flexibility index (Phi) is 5.62. The Balaban J connectivity index is 0.00000208. The number of hydrogen-bond acceptors (Lipinski definition) is 2. The summed E-state index contributed by atoms with van der Waals surface area (Å²) >= 11 is 0. The van der Waals surface area contributed by atoms with Gasteiger partial charge in [-0.15, -0.1) is 19.0 Å². The molecule has 0 fully saturated rings. The van der Waals surface area contributed by atoms with Crippen molar-refractivity contribution in [3.05, 3.63) is 71.8 Å². The first-order valence-corrected chi connectivity index (χ1v) is 7.65. The summed E-state index contributed by atoms with van der Waals surface area (Å²) < 4.78 is 15.2. The lowest BCUT2D eigenvalue weighted by atomic mass is 10.1. The molecule has 0 aliphatic carbocycles. The molecule has 2 aromatic heterocycles. The van der Waals surface area contributed by atoms with Gasteiger partial charge in [0, 0.05) is 30.4 Å². The molecule has 1 N–H and O–H groups in total. The molecule has 0 amide bonds. The first-order valence-electron chi connectivity index (χ1n) is 7.65. The molecule has 1 aromatic carbocycles. The molecule has 0 radical (unpaired) electrons. The minimum absolute atomic E-state index is 0. The summed E-state index contributed by atoms with van der Waals surface area (Å²) in [5.41, 5.74) is 4.61. The van der Waals surface area contributed by atoms with Crippen LogP contribution >= 0.6 is 12.4 Å². The second kappa shape index (κ2) is 7.49. The third-order valence-corrected chi connectivity index (χ3v) is 4.23. The Labute approximate surface area is 147 Å². The first-order chi connectivity index (χ1) is 11.1. The van der Waals surface area contributed by atoms with E-state index in [2.05, 4.69) is 35.3 Å². The van der Waals surface area contributed by atoms with E-state index < -0.39 is 0 Å². The second-order valence-corrected chi connectivity index (χ2v) is 5.64. The van der Waals surface area contributed by atoms with E-state index in [0.717, 1.165) is 28.8 Å². The molecule has 3 aromatic rings. The third-order valence-electron chi connectivity index (χ3n) is 4.23. The molecule has 0 saturated heterocycles. The Morgan fingerprint density at radius 1 is 1.21 bits per heavy atom. The van der Waals surface area contributed by atoms with Crippen molar-refractivity contribution in [3.8, 4) is 0 Å². The molecule has 0 aliphatic heterocycles. The van der Waals surface area contributed by atoms with E-state index in [4.69, 9.17) is 0 Å². The number of halogens is 2. The van der Waals surface area contributed by atoms with Crippen molar-refractivity contribution < 1.29 is 4.39 Å². The van der Waals surface area contributed by atoms with Crippen molar-refractivity contribution in [2.45, 2.75) is 26.9 Å². The van der Waals surface area contributed by atoms with Crippen LogP contribution in [0, 0.1) is 19.7 Å². The van der Waals surface area contributed by atoms with Crippen molar-refractivity contribution in [3.63, 3.8) is 0 Å². The number of rotatable bonds is 5. The highest BCUT2D eigenvalue weighted by molar-refractivity contribution is 5.94. The van der Waals surface area contributed by atoms with Crippen molar-refractivity contribution >= 4 is 29.1 Å². The predicted octanol–water partition coefficient (Wildman–Crippen LogP) is 5.01. The summed E-state index contributed by atoms with van der Waals surface area (Å²) in [5.74, 6) is 0.636. The van der Waals surface area contributed by atoms with Crippen molar-refractivity contribution in [2.24, 2.45) is 0 Å². The van der Waals surface area contributed by atoms with Gasteiger partial charge in [0.1, 0.15) is 11.6 Å². The Bertz CT molecular complexity index is 853. The summed E-state index contributed by atoms with van der Waals surface area (Å²) in [7, 11) is 0. The number of fused-ring (bicyclic) bond motifs is 1. The molecule has 0 unspecified atom stereocenters. The Hall–Kier alpha value is -2.33. The molecule has 0 saturated carbocycles. The van der Waals surface area contributed by atoms with Gasteiger partial charge >= 0.3 is 0 Å². The van der Waals surface area contributed by atoms with E-state index >= 15 is 0 Å². The molecule has 24 heavy (non-hydrogen) atoms. The van der Waals surface area contributed by atoms with Gasteiger partial charge in [0.15, 0.2) is 0 Å². The Morgan fingerprint density at radius 2 is 1.92 bits per heavy atom. The summed E-state index contributed by atoms with van der Waals surface area (Å²) in [6.07, 6.45) is 3.71. The SMILES string of the molecule is C=CCn1c(C)c(C)c2c(NCc3ccc(F)cc3)nccc21.Cl. The number of anilines is 1. The first kappa shape index (κ1) is 18.0. The molecular formula is C19H21ClFN3. The van der Waals surface area contributed by atoms with Crippen LogP contribution in [0.5, 0.6) is 0 Å². The lowest BCUT2D eigenvalue weighted by Crippen LogP contribution is -2.02. The molecule has 126 valence electrons. The zero-order valence-electron chi connectivity index (χ0n) is 13.8. The van der Waals surface area contributed by atoms with E-state index in [0.29, 0.717) is 6.54 Å². The van der Waals surface area contributed by atoms with E-state index in [1.807, 2.05) is 18.3 Å². The van der Waals surface area contributed by atoms with Gasteiger partial charge in [-0.25, -0.2) is 9.37 Å². The topological polar surface area (TPSA) is 29.9 Å². The monoisotopic (exact) mass is 345 g/mol. The average molecular weight is 346 g/mol. The minimum Gasteiger partial charge on any atom is -0.365 e. The summed E-state index contributed by atoms with van der Waals surface area (Å²) in [4.78, 5) is 4.49. The number of nitrogens with zero attached hydrogens (tertiary/aromatic N) is 2. The normalized spacial score (nSPS) is 10.5. The van der Waals surface area contributed by atoms with Gasteiger partial charge in [0.2, 0.25) is 0 Å². The molecule has 0 atom stereocenters. The zero-order valence-corrected chi connectivity index (χ0v) is 14.7. The van der Waals surface area contributed by atoms with E-state index in [-0.39, 0.29) is 18.2 Å². The quantitative estimate of drug-likeness (QED) is 0.658. The fourth-order valence-electron chi connectivity index (χ4n) is 2.90. The van der Waals surface area contributed by atoms with Gasteiger partial charge in [-0.3, -0.25) is 0 Å². The van der Waals surface area contributed by atoms with Crippen LogP contribution in [-0.2, 0) is 13.1 Å². The standard InChI is InChI=1S/C19H20FN3.ClH/c1-4-11-23-14(3)13(2)18-17(23)9-10-21-19(18)22-12-15-5-7-16(20)8-6-15;/h4-10H,1,11-12H2,2-3H3,(H,21,22);1H. The van der Waals surface area contributed by atoms with Crippen molar-refractivity contribution in [1.82, 2.24) is 9.55 Å². The second-order valence-electron chi connectivity index (χ2n) is 5.64. The van der Waals surface area contributed by atoms with Crippen molar-refractivity contribution in [1.29, 1.82) is 0 Å². The highest BCUT2D eigenvalue weighted by Crippen LogP contribution is 2.30. The fourth-order valence-corrected chi connectivity index (χ4v) is 2.90. The molecule has 0 spiro atoms. The number of allylic oxidation sites excluding steroid dienone is 1. The fraction of sp³-hybridized carbons (Fsp3) is 0.211. The smallest absolute Gasteiger partial charge is 0.135 e. The van der Waals surface area contributed by atoms with Crippen LogP contribution in [0.4, 0.5) is 10.2 Å². The summed E-state index contributed by atoms with van der Waals surface area (Å²) in [6, 6.07) is 8.54. The van der Waals surface area contributed by atoms with Gasteiger partial charge in [0.25, 0.3) is 0 Å². The molecule has 0 bridgehead atoms. The van der Waals surface area contributed by atoms with Crippen LogP contribution in [0.15, 0.2) is 49.2 Å². The van der Waals surface area contributed by atoms with Crippen LogP contribution in [0.25, 0.3) is 10.9 Å². The van der Waals surface area contributed by atoms with Gasteiger partial charge in [0.05, 0.1) is 5.52 Å². The van der Waals surface area contributed by atoms with Crippen LogP contribution in [-0.4, -0.2) is 9.55 Å². The molecule has 3 nitrogen and oxygen atoms in total. The third kappa shape index (κ3) is 3.29. The average Bonchev–Trinajstić information content (AvgIpc) is 2.80. The highest BCUT2D eigenvalue weighted by Gasteiger charge is 2.14. The van der Waals surface area contributed by atoms with Crippen LogP contribution in [0.1, 0.15) is 16.8 Å². The number of aromatic nitrogens is 2. The molecule has 5 heteroatoms. The van der Waals surface area contributed by atoms with Gasteiger partial charge < -0.3 is 9.88 Å². The predicted molar refractivity (Wildman–Crippen MR) is 100 cm³/mol. The number of nitrogens with one attached hydrogen (secondary N) is 1. The lowest BCUT2D eigenvalue weighted by molar-refractivity contribution is 0.627. The highest BCUT2D eigenvalue weighted by atomic mass is 35.5. The minimum atomic E-state index is -0.220. The van der Waals surface area contributed by atoms with Gasteiger partial charge in [-0.05, 0) is 43.2 Å². The van der Waals surface area contributed by atoms with Crippen LogP contribution < -0.4 is 5.32 Å². The molecule has 0 aliphatic rings. The molecule has 3 rings (SSSR count). The van der Waals surface area contributed by atoms with E-state index in [1.54, 1.807) is 12.1 Å². The molecule has 2 heterocycles. The Morgan fingerprint density at radius 3 is 2.58 bits per heavy atom. The van der Waals surface area contributed by atoms with E-state index in [1.165, 1.54) is 23.4 Å². The maximum atomic E-state index is 13.0. The van der Waals surface area contributed by atoms with Gasteiger partial charge in [-0.1, -0.05) is 18.2 Å². The summed E-state index contributed by atoms with van der Waals surface area (Å²) in [5, 5.41) is 4.51. The number of aryl methyl sites for hydroxylation is 1. The van der Waals surface area contributed by atoms with Crippen LogP contribution in [0.3, 0.4) is 0 Å².